The molecule has 0 bridgehead atoms. The number of carbonyl (C=O) groups is 1. The van der Waals surface area contributed by atoms with Gasteiger partial charge in [-0.3, -0.25) is 4.79 Å². The van der Waals surface area contributed by atoms with Gasteiger partial charge < -0.3 is 21.1 Å². The number of pyridine rings is 1. The number of halogens is 1. The summed E-state index contributed by atoms with van der Waals surface area (Å²) >= 11 is 5.83. The largest absolute Gasteiger partial charge is 0.399 e. The van der Waals surface area contributed by atoms with Crippen molar-refractivity contribution < 1.29 is 9.53 Å². The van der Waals surface area contributed by atoms with E-state index in [-0.39, 0.29) is 11.8 Å². The fraction of sp³-hybridized carbons (Fsp3) is 0.400. The van der Waals surface area contributed by atoms with E-state index in [1.165, 1.54) is 0 Å². The topological polar surface area (TPSA) is 94.5 Å². The second-order valence-electron chi connectivity index (χ2n) is 3.77. The van der Waals surface area contributed by atoms with E-state index in [2.05, 4.69) is 4.98 Å². The molecule has 1 aliphatic heterocycles. The molecule has 17 heavy (non-hydrogen) atoms. The number of hydrogen-bond acceptors (Lipinski definition) is 5. The molecule has 2 heterocycles. The summed E-state index contributed by atoms with van der Waals surface area (Å²) in [5.74, 6) is 0.0900. The van der Waals surface area contributed by atoms with Crippen LogP contribution in [0.4, 0.5) is 11.5 Å². The molecular weight excluding hydrogens is 244 g/mol. The number of primary amides is 1. The SMILES string of the molecule is NC(=O)C1COCCN1c1cc(N)cc(Cl)n1. The van der Waals surface area contributed by atoms with Gasteiger partial charge in [0.05, 0.1) is 13.2 Å². The maximum Gasteiger partial charge on any atom is 0.242 e. The van der Waals surface area contributed by atoms with E-state index in [1.807, 2.05) is 0 Å². The van der Waals surface area contributed by atoms with Crippen molar-refractivity contribution in [3.8, 4) is 0 Å². The Morgan fingerprint density at radius 1 is 1.59 bits per heavy atom. The van der Waals surface area contributed by atoms with Crippen molar-refractivity contribution in [2.75, 3.05) is 30.4 Å². The second kappa shape index (κ2) is 4.77. The van der Waals surface area contributed by atoms with Crippen LogP contribution in [0.3, 0.4) is 0 Å². The summed E-state index contributed by atoms with van der Waals surface area (Å²) in [4.78, 5) is 17.2. The monoisotopic (exact) mass is 256 g/mol. The quantitative estimate of drug-likeness (QED) is 0.727. The number of hydrogen-bond donors (Lipinski definition) is 2. The van der Waals surface area contributed by atoms with Gasteiger partial charge >= 0.3 is 0 Å². The highest BCUT2D eigenvalue weighted by molar-refractivity contribution is 6.29. The Hall–Kier alpha value is -1.53. The van der Waals surface area contributed by atoms with Gasteiger partial charge in [-0.1, -0.05) is 11.6 Å². The maximum absolute atomic E-state index is 11.3. The number of carbonyl (C=O) groups excluding carboxylic acids is 1. The molecule has 7 heteroatoms. The van der Waals surface area contributed by atoms with Gasteiger partial charge in [-0.05, 0) is 6.07 Å². The average Bonchev–Trinajstić information content (AvgIpc) is 2.27. The van der Waals surface area contributed by atoms with Crippen molar-refractivity contribution >= 4 is 29.0 Å². The summed E-state index contributed by atoms with van der Waals surface area (Å²) < 4.78 is 5.22. The van der Waals surface area contributed by atoms with Crippen LogP contribution in [0.15, 0.2) is 12.1 Å². The Labute approximate surface area is 103 Å². The van der Waals surface area contributed by atoms with Gasteiger partial charge in [-0.25, -0.2) is 4.98 Å². The molecule has 2 rings (SSSR count). The molecular formula is C10H13ClN4O2. The number of rotatable bonds is 2. The standard InChI is InChI=1S/C10H13ClN4O2/c11-8-3-6(12)4-9(14-8)15-1-2-17-5-7(15)10(13)16/h3-4,7H,1-2,5H2,(H2,12,14)(H2,13,16). The lowest BCUT2D eigenvalue weighted by Crippen LogP contribution is -2.53. The first-order valence-corrected chi connectivity index (χ1v) is 5.52. The van der Waals surface area contributed by atoms with Gasteiger partial charge in [0, 0.05) is 18.3 Å². The molecule has 1 fully saturated rings. The van der Waals surface area contributed by atoms with Gasteiger partial charge in [0.1, 0.15) is 17.0 Å². The normalized spacial score (nSPS) is 20.3. The first kappa shape index (κ1) is 11.9. The third-order valence-corrected chi connectivity index (χ3v) is 2.75. The summed E-state index contributed by atoms with van der Waals surface area (Å²) in [7, 11) is 0. The number of aromatic nitrogens is 1. The molecule has 0 aromatic carbocycles. The first-order valence-electron chi connectivity index (χ1n) is 5.14. The fourth-order valence-electron chi connectivity index (χ4n) is 1.76. The minimum atomic E-state index is -0.533. The Morgan fingerprint density at radius 2 is 2.35 bits per heavy atom. The van der Waals surface area contributed by atoms with E-state index in [9.17, 15) is 4.79 Å². The van der Waals surface area contributed by atoms with Crippen LogP contribution in [0.1, 0.15) is 0 Å². The number of ether oxygens (including phenoxy) is 1. The number of nitrogens with two attached hydrogens (primary N) is 2. The van der Waals surface area contributed by atoms with E-state index < -0.39 is 11.9 Å². The van der Waals surface area contributed by atoms with Crippen LogP contribution >= 0.6 is 11.6 Å². The summed E-state index contributed by atoms with van der Waals surface area (Å²) in [5, 5.41) is 0.287. The zero-order chi connectivity index (χ0) is 12.4. The summed E-state index contributed by atoms with van der Waals surface area (Å²) in [6, 6.07) is 2.67. The third kappa shape index (κ3) is 2.59. The van der Waals surface area contributed by atoms with Crippen molar-refractivity contribution in [2.24, 2.45) is 5.73 Å². The molecule has 1 saturated heterocycles. The predicted octanol–water partition coefficient (Wildman–Crippen LogP) is 0.00770. The number of morpholine rings is 1. The average molecular weight is 257 g/mol. The van der Waals surface area contributed by atoms with E-state index in [4.69, 9.17) is 27.8 Å². The van der Waals surface area contributed by atoms with Crippen molar-refractivity contribution in [1.82, 2.24) is 4.98 Å². The van der Waals surface area contributed by atoms with Crippen LogP contribution in [0.2, 0.25) is 5.15 Å². The number of nitrogens with zero attached hydrogens (tertiary/aromatic N) is 2. The molecule has 1 aromatic rings. The van der Waals surface area contributed by atoms with Crippen LogP contribution < -0.4 is 16.4 Å². The van der Waals surface area contributed by atoms with Gasteiger partial charge in [-0.2, -0.15) is 0 Å². The highest BCUT2D eigenvalue weighted by atomic mass is 35.5. The van der Waals surface area contributed by atoms with Crippen LogP contribution in [-0.4, -0.2) is 36.7 Å². The highest BCUT2D eigenvalue weighted by Gasteiger charge is 2.28. The van der Waals surface area contributed by atoms with Gasteiger partial charge in [0.2, 0.25) is 5.91 Å². The smallest absolute Gasteiger partial charge is 0.242 e. The van der Waals surface area contributed by atoms with Crippen molar-refractivity contribution in [3.63, 3.8) is 0 Å². The molecule has 1 amide bonds. The van der Waals surface area contributed by atoms with Crippen LogP contribution in [0, 0.1) is 0 Å². The van der Waals surface area contributed by atoms with E-state index in [0.29, 0.717) is 24.7 Å². The Bertz CT molecular complexity index is 420. The Morgan fingerprint density at radius 3 is 3.00 bits per heavy atom. The molecule has 1 aromatic heterocycles. The van der Waals surface area contributed by atoms with Crippen molar-refractivity contribution in [1.29, 1.82) is 0 Å². The molecule has 1 aliphatic rings. The minimum Gasteiger partial charge on any atom is -0.399 e. The highest BCUT2D eigenvalue weighted by Crippen LogP contribution is 2.22. The molecule has 6 nitrogen and oxygen atoms in total. The lowest BCUT2D eigenvalue weighted by molar-refractivity contribution is -0.121. The maximum atomic E-state index is 11.3. The van der Waals surface area contributed by atoms with Gasteiger partial charge in [-0.15, -0.1) is 0 Å². The van der Waals surface area contributed by atoms with Gasteiger partial charge in [0.15, 0.2) is 0 Å². The first-order chi connectivity index (χ1) is 8.08. The summed E-state index contributed by atoms with van der Waals surface area (Å²) in [6.45, 7) is 1.29. The van der Waals surface area contributed by atoms with Crippen molar-refractivity contribution in [3.05, 3.63) is 17.3 Å². The molecule has 92 valence electrons. The summed E-state index contributed by atoms with van der Waals surface area (Å²) in [6.07, 6.45) is 0. The molecule has 1 atom stereocenters. The molecule has 1 unspecified atom stereocenters. The fourth-order valence-corrected chi connectivity index (χ4v) is 1.98. The van der Waals surface area contributed by atoms with E-state index in [0.717, 1.165) is 0 Å². The lowest BCUT2D eigenvalue weighted by atomic mass is 10.2. The molecule has 0 saturated carbocycles. The van der Waals surface area contributed by atoms with Crippen molar-refractivity contribution in [2.45, 2.75) is 6.04 Å². The number of nitrogen functional groups attached to an aromatic ring is 1. The third-order valence-electron chi connectivity index (χ3n) is 2.55. The summed E-state index contributed by atoms with van der Waals surface area (Å²) in [5.41, 5.74) is 11.5. The molecule has 0 radical (unpaired) electrons. The van der Waals surface area contributed by atoms with Crippen LogP contribution in [0.5, 0.6) is 0 Å². The van der Waals surface area contributed by atoms with Gasteiger partial charge in [0.25, 0.3) is 0 Å². The molecule has 0 spiro atoms. The van der Waals surface area contributed by atoms with E-state index in [1.54, 1.807) is 17.0 Å². The zero-order valence-corrected chi connectivity index (χ0v) is 9.85. The van der Waals surface area contributed by atoms with Crippen LogP contribution in [-0.2, 0) is 9.53 Å². The Kier molecular flexibility index (Phi) is 3.35. The zero-order valence-electron chi connectivity index (χ0n) is 9.10. The van der Waals surface area contributed by atoms with E-state index >= 15 is 0 Å². The minimum absolute atomic E-state index is 0.253. The second-order valence-corrected chi connectivity index (χ2v) is 4.16. The number of amides is 1. The molecule has 4 N–H and O–H groups in total. The lowest BCUT2D eigenvalue weighted by Gasteiger charge is -2.34. The van der Waals surface area contributed by atoms with Crippen LogP contribution in [0.25, 0.3) is 0 Å². The predicted molar refractivity (Wildman–Crippen MR) is 64.8 cm³/mol. The molecule has 0 aliphatic carbocycles. The Balaban J connectivity index is 2.32. The number of anilines is 2.